The molecule has 1 aromatic rings. The summed E-state index contributed by atoms with van der Waals surface area (Å²) < 4.78 is 11.4. The van der Waals surface area contributed by atoms with Gasteiger partial charge in [-0.15, -0.1) is 0 Å². The molecular formula is C17H28N2O2. The Kier molecular flexibility index (Phi) is 6.33. The summed E-state index contributed by atoms with van der Waals surface area (Å²) in [6.07, 6.45) is 1.03. The van der Waals surface area contributed by atoms with E-state index in [1.165, 1.54) is 0 Å². The lowest BCUT2D eigenvalue weighted by molar-refractivity contribution is 0.0966. The predicted octanol–water partition coefficient (Wildman–Crippen LogP) is 2.54. The van der Waals surface area contributed by atoms with Gasteiger partial charge in [0.15, 0.2) is 0 Å². The summed E-state index contributed by atoms with van der Waals surface area (Å²) in [7, 11) is 0. The highest BCUT2D eigenvalue weighted by atomic mass is 16.5. The fraction of sp³-hybridized carbons (Fsp3) is 0.647. The van der Waals surface area contributed by atoms with Gasteiger partial charge in [-0.25, -0.2) is 0 Å². The molecule has 21 heavy (non-hydrogen) atoms. The average Bonchev–Trinajstić information content (AvgIpc) is 2.49. The number of piperazine rings is 1. The van der Waals surface area contributed by atoms with Crippen molar-refractivity contribution < 1.29 is 9.47 Å². The van der Waals surface area contributed by atoms with E-state index in [-0.39, 0.29) is 0 Å². The Morgan fingerprint density at radius 2 is 1.52 bits per heavy atom. The molecule has 1 saturated heterocycles. The Balaban J connectivity index is 1.75. The molecule has 0 spiro atoms. The third-order valence-corrected chi connectivity index (χ3v) is 3.93. The van der Waals surface area contributed by atoms with E-state index < -0.39 is 0 Å². The molecule has 2 rings (SSSR count). The molecule has 1 N–H and O–H groups in total. The molecule has 2 unspecified atom stereocenters. The highest BCUT2D eigenvalue weighted by molar-refractivity contribution is 5.31. The molecule has 1 heterocycles. The van der Waals surface area contributed by atoms with Crippen LogP contribution in [0.5, 0.6) is 11.5 Å². The molecule has 0 saturated carbocycles. The summed E-state index contributed by atoms with van der Waals surface area (Å²) in [6.45, 7) is 11.2. The van der Waals surface area contributed by atoms with Gasteiger partial charge in [-0.05, 0) is 44.5 Å². The van der Waals surface area contributed by atoms with Gasteiger partial charge < -0.3 is 14.8 Å². The van der Waals surface area contributed by atoms with Gasteiger partial charge in [-0.3, -0.25) is 4.90 Å². The van der Waals surface area contributed by atoms with Crippen molar-refractivity contribution in [3.05, 3.63) is 24.3 Å². The van der Waals surface area contributed by atoms with Crippen LogP contribution in [0.4, 0.5) is 0 Å². The van der Waals surface area contributed by atoms with Crippen LogP contribution >= 0.6 is 0 Å². The molecule has 0 bridgehead atoms. The van der Waals surface area contributed by atoms with E-state index in [9.17, 15) is 0 Å². The second-order valence-corrected chi connectivity index (χ2v) is 5.76. The molecular weight excluding hydrogens is 264 g/mol. The first kappa shape index (κ1) is 16.1. The fourth-order valence-electron chi connectivity index (χ4n) is 2.73. The Bertz CT molecular complexity index is 398. The zero-order chi connectivity index (χ0) is 15.1. The van der Waals surface area contributed by atoms with Crippen molar-refractivity contribution >= 4 is 0 Å². The van der Waals surface area contributed by atoms with Crippen LogP contribution in [0.1, 0.15) is 27.2 Å². The Morgan fingerprint density at radius 1 is 1.00 bits per heavy atom. The van der Waals surface area contributed by atoms with Crippen LogP contribution < -0.4 is 14.8 Å². The standard InChI is InChI=1S/C17H28N2O2/c1-4-10-20-16-5-7-17(8-6-16)21-11-9-19-14(2)12-18-13-15(19)3/h5-8,14-15,18H,4,9-13H2,1-3H3. The molecule has 1 aliphatic heterocycles. The SMILES string of the molecule is CCCOc1ccc(OCCN2C(C)CNCC2C)cc1. The molecule has 1 fully saturated rings. The molecule has 0 amide bonds. The minimum atomic E-state index is 0.571. The maximum absolute atomic E-state index is 5.85. The molecule has 118 valence electrons. The highest BCUT2D eigenvalue weighted by Gasteiger charge is 2.23. The van der Waals surface area contributed by atoms with Gasteiger partial charge in [0.25, 0.3) is 0 Å². The largest absolute Gasteiger partial charge is 0.494 e. The molecule has 0 radical (unpaired) electrons. The van der Waals surface area contributed by atoms with Crippen molar-refractivity contribution in [2.75, 3.05) is 32.8 Å². The van der Waals surface area contributed by atoms with Crippen molar-refractivity contribution in [1.82, 2.24) is 10.2 Å². The van der Waals surface area contributed by atoms with Crippen molar-refractivity contribution in [3.63, 3.8) is 0 Å². The van der Waals surface area contributed by atoms with Gasteiger partial charge in [0.1, 0.15) is 18.1 Å². The van der Waals surface area contributed by atoms with Gasteiger partial charge in [-0.1, -0.05) is 6.92 Å². The number of hydrogen-bond acceptors (Lipinski definition) is 4. The zero-order valence-corrected chi connectivity index (χ0v) is 13.5. The molecule has 1 aliphatic rings. The summed E-state index contributed by atoms with van der Waals surface area (Å²) in [5.74, 6) is 1.82. The second kappa shape index (κ2) is 8.25. The fourth-order valence-corrected chi connectivity index (χ4v) is 2.73. The quantitative estimate of drug-likeness (QED) is 0.837. The highest BCUT2D eigenvalue weighted by Crippen LogP contribution is 2.18. The molecule has 4 heteroatoms. The van der Waals surface area contributed by atoms with Gasteiger partial charge in [0.05, 0.1) is 6.61 Å². The van der Waals surface area contributed by atoms with Crippen molar-refractivity contribution in [1.29, 1.82) is 0 Å². The van der Waals surface area contributed by atoms with Crippen LogP contribution in [0.15, 0.2) is 24.3 Å². The number of nitrogens with zero attached hydrogens (tertiary/aromatic N) is 1. The lowest BCUT2D eigenvalue weighted by Gasteiger charge is -2.39. The molecule has 2 atom stereocenters. The molecule has 4 nitrogen and oxygen atoms in total. The smallest absolute Gasteiger partial charge is 0.119 e. The van der Waals surface area contributed by atoms with Gasteiger partial charge in [0.2, 0.25) is 0 Å². The number of benzene rings is 1. The average molecular weight is 292 g/mol. The van der Waals surface area contributed by atoms with Crippen molar-refractivity contribution in [3.8, 4) is 11.5 Å². The lowest BCUT2D eigenvalue weighted by atomic mass is 10.1. The Labute approximate surface area is 128 Å². The minimum absolute atomic E-state index is 0.571. The summed E-state index contributed by atoms with van der Waals surface area (Å²) in [4.78, 5) is 2.51. The predicted molar refractivity (Wildman–Crippen MR) is 86.2 cm³/mol. The van der Waals surface area contributed by atoms with Gasteiger partial charge in [0, 0.05) is 31.7 Å². The summed E-state index contributed by atoms with van der Waals surface area (Å²) >= 11 is 0. The minimum Gasteiger partial charge on any atom is -0.494 e. The third-order valence-electron chi connectivity index (χ3n) is 3.93. The first-order valence-corrected chi connectivity index (χ1v) is 8.03. The third kappa shape index (κ3) is 4.90. The maximum atomic E-state index is 5.85. The molecule has 0 aliphatic carbocycles. The van der Waals surface area contributed by atoms with Crippen LogP contribution in [-0.4, -0.2) is 49.8 Å². The maximum Gasteiger partial charge on any atom is 0.119 e. The van der Waals surface area contributed by atoms with Crippen molar-refractivity contribution in [2.24, 2.45) is 0 Å². The zero-order valence-electron chi connectivity index (χ0n) is 13.5. The molecule has 0 aromatic heterocycles. The van der Waals surface area contributed by atoms with E-state index in [2.05, 4.69) is 31.0 Å². The summed E-state index contributed by atoms with van der Waals surface area (Å²) in [5.41, 5.74) is 0. The van der Waals surface area contributed by atoms with E-state index >= 15 is 0 Å². The van der Waals surface area contributed by atoms with E-state index in [4.69, 9.17) is 9.47 Å². The van der Waals surface area contributed by atoms with E-state index in [0.717, 1.165) is 50.8 Å². The van der Waals surface area contributed by atoms with Crippen molar-refractivity contribution in [2.45, 2.75) is 39.3 Å². The van der Waals surface area contributed by atoms with Crippen LogP contribution in [0.3, 0.4) is 0 Å². The first-order chi connectivity index (χ1) is 10.2. The second-order valence-electron chi connectivity index (χ2n) is 5.76. The first-order valence-electron chi connectivity index (χ1n) is 8.03. The number of rotatable bonds is 7. The lowest BCUT2D eigenvalue weighted by Crippen LogP contribution is -2.55. The van der Waals surface area contributed by atoms with E-state index in [1.54, 1.807) is 0 Å². The number of nitrogens with one attached hydrogen (secondary N) is 1. The number of ether oxygens (including phenoxy) is 2. The van der Waals surface area contributed by atoms with E-state index in [1.807, 2.05) is 24.3 Å². The van der Waals surface area contributed by atoms with Crippen LogP contribution in [0.2, 0.25) is 0 Å². The van der Waals surface area contributed by atoms with Crippen LogP contribution in [-0.2, 0) is 0 Å². The van der Waals surface area contributed by atoms with Crippen LogP contribution in [0, 0.1) is 0 Å². The summed E-state index contributed by atoms with van der Waals surface area (Å²) in [6, 6.07) is 9.05. The van der Waals surface area contributed by atoms with Gasteiger partial charge >= 0.3 is 0 Å². The topological polar surface area (TPSA) is 33.7 Å². The normalized spacial score (nSPS) is 23.0. The van der Waals surface area contributed by atoms with Crippen LogP contribution in [0.25, 0.3) is 0 Å². The monoisotopic (exact) mass is 292 g/mol. The number of hydrogen-bond donors (Lipinski definition) is 1. The summed E-state index contributed by atoms with van der Waals surface area (Å²) in [5, 5.41) is 3.45. The Hall–Kier alpha value is -1.26. The van der Waals surface area contributed by atoms with E-state index in [0.29, 0.717) is 12.1 Å². The molecule has 1 aromatic carbocycles. The van der Waals surface area contributed by atoms with Gasteiger partial charge in [-0.2, -0.15) is 0 Å². The Morgan fingerprint density at radius 3 is 2.05 bits per heavy atom.